The van der Waals surface area contributed by atoms with E-state index in [1.54, 1.807) is 6.92 Å². The number of rotatable bonds is 3. The fourth-order valence-electron chi connectivity index (χ4n) is 3.24. The number of hydrogen-bond acceptors (Lipinski definition) is 4. The summed E-state index contributed by atoms with van der Waals surface area (Å²) in [4.78, 5) is 5.00. The van der Waals surface area contributed by atoms with Gasteiger partial charge >= 0.3 is 0 Å². The van der Waals surface area contributed by atoms with E-state index in [0.29, 0.717) is 6.04 Å². The summed E-state index contributed by atoms with van der Waals surface area (Å²) in [5, 5.41) is 9.66. The highest BCUT2D eigenvalue weighted by atomic mass is 79.9. The van der Waals surface area contributed by atoms with E-state index in [-0.39, 0.29) is 0 Å². The SMILES string of the molecule is C[C@@H](O)c1ccc(N2CCC(N3CCOCC3)C2)c(Br)c1. The van der Waals surface area contributed by atoms with Crippen LogP contribution in [0, 0.1) is 0 Å². The van der Waals surface area contributed by atoms with Crippen molar-refractivity contribution in [3.8, 4) is 0 Å². The highest BCUT2D eigenvalue weighted by Crippen LogP contribution is 2.32. The minimum atomic E-state index is -0.421. The first-order valence-electron chi connectivity index (χ1n) is 7.69. The van der Waals surface area contributed by atoms with Gasteiger partial charge in [-0.2, -0.15) is 0 Å². The molecule has 1 unspecified atom stereocenters. The number of aliphatic hydroxyl groups excluding tert-OH is 1. The minimum Gasteiger partial charge on any atom is -0.389 e. The zero-order valence-corrected chi connectivity index (χ0v) is 14.1. The van der Waals surface area contributed by atoms with Crippen LogP contribution in [0.4, 0.5) is 5.69 Å². The lowest BCUT2D eigenvalue weighted by atomic mass is 10.1. The van der Waals surface area contributed by atoms with Crippen LogP contribution in [0.3, 0.4) is 0 Å². The standard InChI is InChI=1S/C16H23BrN2O2/c1-12(20)13-2-3-16(15(17)10-13)19-5-4-14(11-19)18-6-8-21-9-7-18/h2-3,10,12,14,20H,4-9,11H2,1H3/t12-,14?/m1/s1. The molecule has 1 N–H and O–H groups in total. The first kappa shape index (κ1) is 15.3. The van der Waals surface area contributed by atoms with Gasteiger partial charge in [-0.15, -0.1) is 0 Å². The van der Waals surface area contributed by atoms with Crippen LogP contribution >= 0.6 is 15.9 Å². The summed E-state index contributed by atoms with van der Waals surface area (Å²) in [6.45, 7) is 7.81. The number of anilines is 1. The molecule has 1 aromatic carbocycles. The van der Waals surface area contributed by atoms with Crippen LogP contribution < -0.4 is 4.90 Å². The largest absolute Gasteiger partial charge is 0.389 e. The van der Waals surface area contributed by atoms with Gasteiger partial charge in [0.05, 0.1) is 25.0 Å². The van der Waals surface area contributed by atoms with Crippen LogP contribution in [0.2, 0.25) is 0 Å². The Morgan fingerprint density at radius 2 is 2.05 bits per heavy atom. The first-order valence-corrected chi connectivity index (χ1v) is 8.48. The molecule has 2 fully saturated rings. The molecule has 0 aliphatic carbocycles. The summed E-state index contributed by atoms with van der Waals surface area (Å²) in [5.74, 6) is 0. The van der Waals surface area contributed by atoms with Gasteiger partial charge in [0.25, 0.3) is 0 Å². The van der Waals surface area contributed by atoms with Gasteiger partial charge in [0, 0.05) is 36.7 Å². The molecule has 2 saturated heterocycles. The van der Waals surface area contributed by atoms with E-state index >= 15 is 0 Å². The van der Waals surface area contributed by atoms with Gasteiger partial charge in [0.2, 0.25) is 0 Å². The van der Waals surface area contributed by atoms with Gasteiger partial charge in [-0.1, -0.05) is 6.07 Å². The van der Waals surface area contributed by atoms with Crippen LogP contribution in [0.5, 0.6) is 0 Å². The summed E-state index contributed by atoms with van der Waals surface area (Å²) >= 11 is 3.66. The number of hydrogen-bond donors (Lipinski definition) is 1. The van der Waals surface area contributed by atoms with Gasteiger partial charge < -0.3 is 14.7 Å². The molecule has 2 aliphatic heterocycles. The number of halogens is 1. The first-order chi connectivity index (χ1) is 10.1. The average Bonchev–Trinajstić information content (AvgIpc) is 2.97. The molecule has 0 bridgehead atoms. The molecule has 0 spiro atoms. The molecule has 5 heteroatoms. The number of ether oxygens (including phenoxy) is 1. The Morgan fingerprint density at radius 3 is 2.71 bits per heavy atom. The third-order valence-electron chi connectivity index (χ3n) is 4.52. The van der Waals surface area contributed by atoms with E-state index in [2.05, 4.69) is 31.8 Å². The summed E-state index contributed by atoms with van der Waals surface area (Å²) in [7, 11) is 0. The van der Waals surface area contributed by atoms with Crippen molar-refractivity contribution in [1.82, 2.24) is 4.90 Å². The quantitative estimate of drug-likeness (QED) is 0.904. The maximum Gasteiger partial charge on any atom is 0.0762 e. The average molecular weight is 355 g/mol. The normalized spacial score (nSPS) is 25.3. The molecule has 3 rings (SSSR count). The lowest BCUT2D eigenvalue weighted by Gasteiger charge is -2.32. The van der Waals surface area contributed by atoms with Crippen molar-refractivity contribution in [3.05, 3.63) is 28.2 Å². The van der Waals surface area contributed by atoms with Crippen molar-refractivity contribution in [2.75, 3.05) is 44.3 Å². The van der Waals surface area contributed by atoms with Gasteiger partial charge in [-0.25, -0.2) is 0 Å². The topological polar surface area (TPSA) is 35.9 Å². The molecule has 4 nitrogen and oxygen atoms in total. The smallest absolute Gasteiger partial charge is 0.0762 e. The molecular formula is C16H23BrN2O2. The molecule has 2 heterocycles. The summed E-state index contributed by atoms with van der Waals surface area (Å²) < 4.78 is 6.51. The van der Waals surface area contributed by atoms with Gasteiger partial charge in [-0.3, -0.25) is 4.90 Å². The molecule has 0 radical (unpaired) electrons. The summed E-state index contributed by atoms with van der Waals surface area (Å²) in [6, 6.07) is 6.81. The lowest BCUT2D eigenvalue weighted by molar-refractivity contribution is 0.0209. The number of benzene rings is 1. The molecule has 116 valence electrons. The Labute approximate surface area is 134 Å². The second kappa shape index (κ2) is 6.65. The third-order valence-corrected chi connectivity index (χ3v) is 5.16. The summed E-state index contributed by atoms with van der Waals surface area (Å²) in [6.07, 6.45) is 0.792. The maximum atomic E-state index is 9.66. The number of nitrogens with zero attached hydrogens (tertiary/aromatic N) is 2. The second-order valence-corrected chi connectivity index (χ2v) is 6.78. The lowest BCUT2D eigenvalue weighted by Crippen LogP contribution is -2.44. The van der Waals surface area contributed by atoms with Crippen molar-refractivity contribution in [2.24, 2.45) is 0 Å². The fraction of sp³-hybridized carbons (Fsp3) is 0.625. The van der Waals surface area contributed by atoms with Crippen LogP contribution in [-0.2, 0) is 4.74 Å². The molecule has 2 atom stereocenters. The molecule has 1 aromatic rings. The third kappa shape index (κ3) is 3.42. The van der Waals surface area contributed by atoms with Gasteiger partial charge in [0.1, 0.15) is 0 Å². The van der Waals surface area contributed by atoms with E-state index in [1.165, 1.54) is 12.1 Å². The Balaban J connectivity index is 1.68. The molecule has 0 aromatic heterocycles. The molecular weight excluding hydrogens is 332 g/mol. The highest BCUT2D eigenvalue weighted by Gasteiger charge is 2.29. The van der Waals surface area contributed by atoms with Gasteiger partial charge in [-0.05, 0) is 47.0 Å². The second-order valence-electron chi connectivity index (χ2n) is 5.92. The molecule has 0 amide bonds. The van der Waals surface area contributed by atoms with Crippen molar-refractivity contribution < 1.29 is 9.84 Å². The monoisotopic (exact) mass is 354 g/mol. The zero-order valence-electron chi connectivity index (χ0n) is 12.5. The maximum absolute atomic E-state index is 9.66. The van der Waals surface area contributed by atoms with Crippen LogP contribution in [-0.4, -0.2) is 55.4 Å². The van der Waals surface area contributed by atoms with Crippen LogP contribution in [0.1, 0.15) is 25.0 Å². The van der Waals surface area contributed by atoms with Crippen molar-refractivity contribution in [3.63, 3.8) is 0 Å². The van der Waals surface area contributed by atoms with E-state index in [9.17, 15) is 5.11 Å². The predicted molar refractivity (Wildman–Crippen MR) is 87.8 cm³/mol. The molecule has 0 saturated carbocycles. The predicted octanol–water partition coefficient (Wildman–Crippen LogP) is 2.41. The molecule has 2 aliphatic rings. The Kier molecular flexibility index (Phi) is 4.84. The highest BCUT2D eigenvalue weighted by molar-refractivity contribution is 9.10. The van der Waals surface area contributed by atoms with E-state index < -0.39 is 6.10 Å². The van der Waals surface area contributed by atoms with E-state index in [1.807, 2.05) is 12.1 Å². The van der Waals surface area contributed by atoms with Crippen LogP contribution in [0.15, 0.2) is 22.7 Å². The number of morpholine rings is 1. The van der Waals surface area contributed by atoms with Crippen molar-refractivity contribution >= 4 is 21.6 Å². The zero-order chi connectivity index (χ0) is 14.8. The molecule has 21 heavy (non-hydrogen) atoms. The van der Waals surface area contributed by atoms with Crippen molar-refractivity contribution in [2.45, 2.75) is 25.5 Å². The fourth-order valence-corrected chi connectivity index (χ4v) is 3.89. The number of aliphatic hydroxyl groups is 1. The van der Waals surface area contributed by atoms with E-state index in [4.69, 9.17) is 4.74 Å². The van der Waals surface area contributed by atoms with Gasteiger partial charge in [0.15, 0.2) is 0 Å². The van der Waals surface area contributed by atoms with E-state index in [0.717, 1.165) is 49.4 Å². The Hall–Kier alpha value is -0.620. The Morgan fingerprint density at radius 1 is 1.29 bits per heavy atom. The summed E-state index contributed by atoms with van der Waals surface area (Å²) in [5.41, 5.74) is 2.18. The minimum absolute atomic E-state index is 0.421. The Bertz CT molecular complexity index is 489. The van der Waals surface area contributed by atoms with Crippen molar-refractivity contribution in [1.29, 1.82) is 0 Å². The van der Waals surface area contributed by atoms with Crippen LogP contribution in [0.25, 0.3) is 0 Å².